The van der Waals surface area contributed by atoms with Gasteiger partial charge in [-0.05, 0) is 24.4 Å². The fourth-order valence-electron chi connectivity index (χ4n) is 2.20. The van der Waals surface area contributed by atoms with Gasteiger partial charge in [0.2, 0.25) is 5.91 Å². The Bertz CT molecular complexity index is 654. The summed E-state index contributed by atoms with van der Waals surface area (Å²) in [7, 11) is 1.63. The number of Topliss-reactive ketones (excluding diaryl/α,β-unsaturated/α-hetero) is 1. The Morgan fingerprint density at radius 1 is 1.18 bits per heavy atom. The first-order valence-electron chi connectivity index (χ1n) is 7.07. The molecule has 1 atom stereocenters. The standard InChI is InChI=1S/C17H18FNO2S/c1-12(13-6-3-4-7-14(13)18)19(2)17(21)10-9-15(20)16-8-5-11-22-16/h3-8,11-12H,9-10H2,1-2H3. The Hall–Kier alpha value is -2.01. The minimum atomic E-state index is -0.370. The third-order valence-electron chi connectivity index (χ3n) is 3.69. The van der Waals surface area contributed by atoms with E-state index in [2.05, 4.69) is 0 Å². The fourth-order valence-corrected chi connectivity index (χ4v) is 2.89. The van der Waals surface area contributed by atoms with Crippen LogP contribution in [0.4, 0.5) is 4.39 Å². The summed E-state index contributed by atoms with van der Waals surface area (Å²) in [5.41, 5.74) is 0.475. The van der Waals surface area contributed by atoms with E-state index in [1.807, 2.05) is 11.4 Å². The lowest BCUT2D eigenvalue weighted by Gasteiger charge is -2.25. The third kappa shape index (κ3) is 3.80. The molecule has 0 saturated heterocycles. The fraction of sp³-hybridized carbons (Fsp3) is 0.294. The summed E-state index contributed by atoms with van der Waals surface area (Å²) in [4.78, 5) is 26.3. The highest BCUT2D eigenvalue weighted by Crippen LogP contribution is 2.22. The number of rotatable bonds is 6. The van der Waals surface area contributed by atoms with Gasteiger partial charge in [-0.15, -0.1) is 11.3 Å². The van der Waals surface area contributed by atoms with Crippen LogP contribution in [-0.4, -0.2) is 23.6 Å². The Kier molecular flexibility index (Phi) is 5.44. The Labute approximate surface area is 133 Å². The summed E-state index contributed by atoms with van der Waals surface area (Å²) in [5.74, 6) is -0.528. The summed E-state index contributed by atoms with van der Waals surface area (Å²) in [6.07, 6.45) is 0.305. The molecule has 3 nitrogen and oxygen atoms in total. The van der Waals surface area contributed by atoms with Crippen molar-refractivity contribution >= 4 is 23.0 Å². The predicted octanol–water partition coefficient (Wildman–Crippen LogP) is 4.07. The van der Waals surface area contributed by atoms with E-state index in [-0.39, 0.29) is 36.4 Å². The normalized spacial score (nSPS) is 12.0. The van der Waals surface area contributed by atoms with Crippen LogP contribution in [0.2, 0.25) is 0 Å². The maximum Gasteiger partial charge on any atom is 0.223 e. The van der Waals surface area contributed by atoms with Crippen molar-refractivity contribution in [3.05, 3.63) is 58.0 Å². The van der Waals surface area contributed by atoms with E-state index in [0.717, 1.165) is 0 Å². The smallest absolute Gasteiger partial charge is 0.223 e. The van der Waals surface area contributed by atoms with Crippen molar-refractivity contribution in [3.8, 4) is 0 Å². The third-order valence-corrected chi connectivity index (χ3v) is 4.60. The highest BCUT2D eigenvalue weighted by molar-refractivity contribution is 7.12. The van der Waals surface area contributed by atoms with Crippen LogP contribution in [0.1, 0.15) is 41.0 Å². The lowest BCUT2D eigenvalue weighted by molar-refractivity contribution is -0.131. The van der Waals surface area contributed by atoms with Crippen LogP contribution in [0.15, 0.2) is 41.8 Å². The second-order valence-corrected chi connectivity index (χ2v) is 6.05. The van der Waals surface area contributed by atoms with Gasteiger partial charge < -0.3 is 4.90 Å². The molecule has 1 heterocycles. The van der Waals surface area contributed by atoms with Gasteiger partial charge in [0.15, 0.2) is 5.78 Å². The summed E-state index contributed by atoms with van der Waals surface area (Å²) < 4.78 is 13.8. The summed E-state index contributed by atoms with van der Waals surface area (Å²) >= 11 is 1.37. The monoisotopic (exact) mass is 319 g/mol. The number of hydrogen-bond acceptors (Lipinski definition) is 3. The molecule has 0 aliphatic rings. The maximum atomic E-state index is 13.8. The quantitative estimate of drug-likeness (QED) is 0.753. The second kappa shape index (κ2) is 7.31. The molecule has 22 heavy (non-hydrogen) atoms. The first kappa shape index (κ1) is 16.4. The SMILES string of the molecule is CC(c1ccccc1F)N(C)C(=O)CCC(=O)c1cccs1. The number of hydrogen-bond donors (Lipinski definition) is 0. The van der Waals surface area contributed by atoms with E-state index in [1.54, 1.807) is 38.2 Å². The van der Waals surface area contributed by atoms with Crippen molar-refractivity contribution in [2.75, 3.05) is 7.05 Å². The summed E-state index contributed by atoms with van der Waals surface area (Å²) in [6, 6.07) is 9.60. The van der Waals surface area contributed by atoms with Crippen LogP contribution in [0.3, 0.4) is 0 Å². The highest BCUT2D eigenvalue weighted by atomic mass is 32.1. The topological polar surface area (TPSA) is 37.4 Å². The van der Waals surface area contributed by atoms with Crippen molar-refractivity contribution in [3.63, 3.8) is 0 Å². The Morgan fingerprint density at radius 2 is 1.91 bits per heavy atom. The Morgan fingerprint density at radius 3 is 2.55 bits per heavy atom. The molecule has 1 aromatic carbocycles. The van der Waals surface area contributed by atoms with Gasteiger partial charge >= 0.3 is 0 Å². The molecule has 116 valence electrons. The van der Waals surface area contributed by atoms with E-state index in [9.17, 15) is 14.0 Å². The van der Waals surface area contributed by atoms with Gasteiger partial charge in [0, 0.05) is 25.5 Å². The molecule has 5 heteroatoms. The summed E-state index contributed by atoms with van der Waals surface area (Å²) in [6.45, 7) is 1.78. The average Bonchev–Trinajstić information content (AvgIpc) is 3.05. The predicted molar refractivity (Wildman–Crippen MR) is 85.5 cm³/mol. The highest BCUT2D eigenvalue weighted by Gasteiger charge is 2.20. The van der Waals surface area contributed by atoms with Crippen molar-refractivity contribution in [2.45, 2.75) is 25.8 Å². The van der Waals surface area contributed by atoms with Gasteiger partial charge in [-0.2, -0.15) is 0 Å². The van der Waals surface area contributed by atoms with Gasteiger partial charge in [0.1, 0.15) is 5.82 Å². The molecule has 0 saturated carbocycles. The maximum absolute atomic E-state index is 13.8. The second-order valence-electron chi connectivity index (χ2n) is 5.10. The van der Waals surface area contributed by atoms with Gasteiger partial charge in [-0.1, -0.05) is 24.3 Å². The molecule has 1 amide bonds. The Balaban J connectivity index is 1.94. The number of nitrogens with zero attached hydrogens (tertiary/aromatic N) is 1. The molecule has 0 aliphatic carbocycles. The van der Waals surface area contributed by atoms with Gasteiger partial charge in [-0.3, -0.25) is 9.59 Å². The van der Waals surface area contributed by atoms with Crippen LogP contribution < -0.4 is 0 Å². The molecule has 1 aromatic heterocycles. The molecule has 0 fully saturated rings. The number of carbonyl (C=O) groups is 2. The number of benzene rings is 1. The molecule has 0 radical (unpaired) electrons. The molecular weight excluding hydrogens is 301 g/mol. The molecular formula is C17H18FNO2S. The van der Waals surface area contributed by atoms with Gasteiger partial charge in [-0.25, -0.2) is 4.39 Å². The molecule has 2 aromatic rings. The van der Waals surface area contributed by atoms with Crippen LogP contribution in [0.25, 0.3) is 0 Å². The van der Waals surface area contributed by atoms with Crippen LogP contribution in [-0.2, 0) is 4.79 Å². The van der Waals surface area contributed by atoms with E-state index in [4.69, 9.17) is 0 Å². The molecule has 1 unspecified atom stereocenters. The number of amides is 1. The van der Waals surface area contributed by atoms with Crippen molar-refractivity contribution in [1.29, 1.82) is 0 Å². The van der Waals surface area contributed by atoms with Crippen LogP contribution in [0.5, 0.6) is 0 Å². The number of thiophene rings is 1. The molecule has 0 aliphatic heterocycles. The first-order valence-corrected chi connectivity index (χ1v) is 7.95. The minimum absolute atomic E-state index is 0.0321. The van der Waals surface area contributed by atoms with Crippen LogP contribution in [0, 0.1) is 5.82 Å². The molecule has 0 N–H and O–H groups in total. The average molecular weight is 319 g/mol. The molecule has 0 spiro atoms. The van der Waals surface area contributed by atoms with E-state index >= 15 is 0 Å². The lowest BCUT2D eigenvalue weighted by Crippen LogP contribution is -2.30. The van der Waals surface area contributed by atoms with Crippen molar-refractivity contribution < 1.29 is 14.0 Å². The minimum Gasteiger partial charge on any atom is -0.339 e. The molecule has 0 bridgehead atoms. The van der Waals surface area contributed by atoms with Crippen LogP contribution >= 0.6 is 11.3 Å². The zero-order valence-corrected chi connectivity index (χ0v) is 13.4. The number of ketones is 1. The number of halogens is 1. The van der Waals surface area contributed by atoms with E-state index in [0.29, 0.717) is 10.4 Å². The molecule has 2 rings (SSSR count). The van der Waals surface area contributed by atoms with Crippen molar-refractivity contribution in [1.82, 2.24) is 4.90 Å². The van der Waals surface area contributed by atoms with Crippen molar-refractivity contribution in [2.24, 2.45) is 0 Å². The lowest BCUT2D eigenvalue weighted by atomic mass is 10.1. The van der Waals surface area contributed by atoms with Gasteiger partial charge in [0.25, 0.3) is 0 Å². The zero-order chi connectivity index (χ0) is 16.1. The largest absolute Gasteiger partial charge is 0.339 e. The summed E-state index contributed by atoms with van der Waals surface area (Å²) in [5, 5.41) is 1.83. The van der Waals surface area contributed by atoms with E-state index in [1.165, 1.54) is 22.3 Å². The number of carbonyl (C=O) groups excluding carboxylic acids is 2. The first-order chi connectivity index (χ1) is 10.5. The van der Waals surface area contributed by atoms with E-state index < -0.39 is 0 Å². The zero-order valence-electron chi connectivity index (χ0n) is 12.6. The van der Waals surface area contributed by atoms with Gasteiger partial charge in [0.05, 0.1) is 10.9 Å².